The van der Waals surface area contributed by atoms with Crippen LogP contribution < -0.4 is 0 Å². The van der Waals surface area contributed by atoms with Gasteiger partial charge in [0.05, 0.1) is 7.85 Å². The molecule has 2 radical (unpaired) electrons. The van der Waals surface area contributed by atoms with Crippen molar-refractivity contribution in [1.29, 1.82) is 0 Å². The SMILES string of the molecule is [B]C1C=CC=CC1. The average molecular weight is 89.9 g/mol. The van der Waals surface area contributed by atoms with Crippen LogP contribution in [0.1, 0.15) is 6.42 Å². The zero-order valence-electron chi connectivity index (χ0n) is 4.17. The van der Waals surface area contributed by atoms with E-state index in [2.05, 4.69) is 6.08 Å². The number of allylic oxidation sites excluding steroid dienone is 4. The van der Waals surface area contributed by atoms with Crippen molar-refractivity contribution in [3.8, 4) is 0 Å². The van der Waals surface area contributed by atoms with E-state index in [-0.39, 0.29) is 5.82 Å². The van der Waals surface area contributed by atoms with Crippen molar-refractivity contribution in [3.05, 3.63) is 24.3 Å². The van der Waals surface area contributed by atoms with Crippen LogP contribution in [0.3, 0.4) is 0 Å². The normalized spacial score (nSPS) is 28.3. The Balaban J connectivity index is 2.49. The van der Waals surface area contributed by atoms with Crippen LogP contribution in [0.25, 0.3) is 0 Å². The Bertz CT molecular complexity index is 103. The van der Waals surface area contributed by atoms with Gasteiger partial charge in [-0.3, -0.25) is 0 Å². The van der Waals surface area contributed by atoms with Gasteiger partial charge in [-0.05, 0) is 6.42 Å². The van der Waals surface area contributed by atoms with Gasteiger partial charge in [-0.2, -0.15) is 0 Å². The summed E-state index contributed by atoms with van der Waals surface area (Å²) < 4.78 is 0. The maximum Gasteiger partial charge on any atom is 0.0759 e. The molecule has 0 saturated heterocycles. The number of hydrogen-bond donors (Lipinski definition) is 0. The molecular formula is C6H7B. The van der Waals surface area contributed by atoms with Gasteiger partial charge in [0.25, 0.3) is 0 Å². The van der Waals surface area contributed by atoms with Gasteiger partial charge in [-0.1, -0.05) is 30.1 Å². The van der Waals surface area contributed by atoms with E-state index < -0.39 is 0 Å². The summed E-state index contributed by atoms with van der Waals surface area (Å²) in [4.78, 5) is 0. The van der Waals surface area contributed by atoms with Gasteiger partial charge < -0.3 is 0 Å². The van der Waals surface area contributed by atoms with Gasteiger partial charge in [0, 0.05) is 0 Å². The minimum Gasteiger partial charge on any atom is -0.0898 e. The van der Waals surface area contributed by atoms with Gasteiger partial charge >= 0.3 is 0 Å². The largest absolute Gasteiger partial charge is 0.0898 e. The molecule has 1 heteroatoms. The maximum atomic E-state index is 5.50. The summed E-state index contributed by atoms with van der Waals surface area (Å²) >= 11 is 0. The molecule has 0 fully saturated rings. The first-order chi connectivity index (χ1) is 3.39. The molecule has 1 rings (SSSR count). The summed E-state index contributed by atoms with van der Waals surface area (Å²) in [6.07, 6.45) is 9.07. The Morgan fingerprint density at radius 3 is 2.57 bits per heavy atom. The van der Waals surface area contributed by atoms with Crippen molar-refractivity contribution >= 4 is 7.85 Å². The van der Waals surface area contributed by atoms with Crippen molar-refractivity contribution in [2.75, 3.05) is 0 Å². The Kier molecular flexibility index (Phi) is 1.35. The third-order valence-electron chi connectivity index (χ3n) is 1.01. The molecule has 1 atom stereocenters. The lowest BCUT2D eigenvalue weighted by Crippen LogP contribution is -1.86. The summed E-state index contributed by atoms with van der Waals surface area (Å²) in [5, 5.41) is 0. The molecule has 0 amide bonds. The molecule has 0 heterocycles. The highest BCUT2D eigenvalue weighted by Crippen LogP contribution is 2.11. The summed E-state index contributed by atoms with van der Waals surface area (Å²) in [6, 6.07) is 0. The highest BCUT2D eigenvalue weighted by Gasteiger charge is 1.92. The smallest absolute Gasteiger partial charge is 0.0759 e. The molecule has 0 aliphatic heterocycles. The lowest BCUT2D eigenvalue weighted by atomic mass is 9.82. The molecule has 0 N–H and O–H groups in total. The molecule has 0 spiro atoms. The Morgan fingerprint density at radius 2 is 2.29 bits per heavy atom. The zero-order valence-corrected chi connectivity index (χ0v) is 4.17. The van der Waals surface area contributed by atoms with E-state index >= 15 is 0 Å². The van der Waals surface area contributed by atoms with Crippen LogP contribution in [0.2, 0.25) is 5.82 Å². The van der Waals surface area contributed by atoms with Crippen molar-refractivity contribution in [2.24, 2.45) is 0 Å². The fourth-order valence-corrected chi connectivity index (χ4v) is 0.600. The van der Waals surface area contributed by atoms with Crippen LogP contribution in [0.4, 0.5) is 0 Å². The van der Waals surface area contributed by atoms with Gasteiger partial charge in [-0.25, -0.2) is 0 Å². The van der Waals surface area contributed by atoms with Crippen LogP contribution in [-0.2, 0) is 0 Å². The third-order valence-corrected chi connectivity index (χ3v) is 1.01. The molecule has 1 unspecified atom stereocenters. The van der Waals surface area contributed by atoms with Crippen molar-refractivity contribution < 1.29 is 0 Å². The molecule has 0 aromatic heterocycles. The van der Waals surface area contributed by atoms with E-state index in [0.29, 0.717) is 0 Å². The molecular weight excluding hydrogens is 82.9 g/mol. The topological polar surface area (TPSA) is 0 Å². The van der Waals surface area contributed by atoms with Crippen LogP contribution in [0, 0.1) is 0 Å². The second-order valence-electron chi connectivity index (χ2n) is 1.71. The van der Waals surface area contributed by atoms with Crippen LogP contribution >= 0.6 is 0 Å². The van der Waals surface area contributed by atoms with E-state index in [1.807, 2.05) is 18.2 Å². The van der Waals surface area contributed by atoms with E-state index in [9.17, 15) is 0 Å². The van der Waals surface area contributed by atoms with Gasteiger partial charge in [0.2, 0.25) is 0 Å². The fourth-order valence-electron chi connectivity index (χ4n) is 0.600. The van der Waals surface area contributed by atoms with E-state index in [4.69, 9.17) is 7.85 Å². The summed E-state index contributed by atoms with van der Waals surface area (Å²) in [5.41, 5.74) is 0. The van der Waals surface area contributed by atoms with Crippen LogP contribution in [0.5, 0.6) is 0 Å². The predicted molar refractivity (Wildman–Crippen MR) is 32.4 cm³/mol. The minimum absolute atomic E-state index is 0.269. The lowest BCUT2D eigenvalue weighted by molar-refractivity contribution is 1.03. The quantitative estimate of drug-likeness (QED) is 0.395. The monoisotopic (exact) mass is 90.1 g/mol. The first kappa shape index (κ1) is 4.70. The van der Waals surface area contributed by atoms with E-state index in [0.717, 1.165) is 6.42 Å². The van der Waals surface area contributed by atoms with Gasteiger partial charge in [-0.15, -0.1) is 0 Å². The van der Waals surface area contributed by atoms with Crippen molar-refractivity contribution in [1.82, 2.24) is 0 Å². The average Bonchev–Trinajstić information content (AvgIpc) is 1.69. The molecule has 0 bridgehead atoms. The van der Waals surface area contributed by atoms with Crippen LogP contribution in [-0.4, -0.2) is 7.85 Å². The molecule has 7 heavy (non-hydrogen) atoms. The highest BCUT2D eigenvalue weighted by atomic mass is 13.9. The number of rotatable bonds is 0. The molecule has 0 saturated carbocycles. The standard InChI is InChI=1S/C6H7B/c7-6-4-2-1-3-5-6/h1-4,6H,5H2. The second-order valence-corrected chi connectivity index (χ2v) is 1.71. The number of hydrogen-bond acceptors (Lipinski definition) is 0. The summed E-state index contributed by atoms with van der Waals surface area (Å²) in [7, 11) is 5.50. The Morgan fingerprint density at radius 1 is 1.43 bits per heavy atom. The first-order valence-corrected chi connectivity index (χ1v) is 2.48. The zero-order chi connectivity index (χ0) is 5.11. The molecule has 0 nitrogen and oxygen atoms in total. The van der Waals surface area contributed by atoms with Crippen molar-refractivity contribution in [2.45, 2.75) is 12.2 Å². The van der Waals surface area contributed by atoms with Gasteiger partial charge in [0.1, 0.15) is 0 Å². The molecule has 1 aliphatic carbocycles. The first-order valence-electron chi connectivity index (χ1n) is 2.48. The van der Waals surface area contributed by atoms with Gasteiger partial charge in [0.15, 0.2) is 0 Å². The molecule has 0 aromatic carbocycles. The molecule has 34 valence electrons. The fraction of sp³-hybridized carbons (Fsp3) is 0.333. The van der Waals surface area contributed by atoms with Crippen molar-refractivity contribution in [3.63, 3.8) is 0 Å². The second kappa shape index (κ2) is 2.01. The lowest BCUT2D eigenvalue weighted by Gasteiger charge is -2.02. The summed E-state index contributed by atoms with van der Waals surface area (Å²) in [5.74, 6) is 0.269. The van der Waals surface area contributed by atoms with E-state index in [1.54, 1.807) is 0 Å². The van der Waals surface area contributed by atoms with Crippen LogP contribution in [0.15, 0.2) is 24.3 Å². The molecule has 0 aromatic rings. The minimum atomic E-state index is 0.269. The van der Waals surface area contributed by atoms with E-state index in [1.165, 1.54) is 0 Å². The third kappa shape index (κ3) is 1.22. The predicted octanol–water partition coefficient (Wildman–Crippen LogP) is 1.46. The Labute approximate surface area is 45.3 Å². The highest BCUT2D eigenvalue weighted by molar-refractivity contribution is 6.13. The maximum absolute atomic E-state index is 5.50. The Hall–Kier alpha value is -0.455. The summed E-state index contributed by atoms with van der Waals surface area (Å²) in [6.45, 7) is 0. The molecule has 1 aliphatic rings.